The molecule has 0 aliphatic heterocycles. The lowest BCUT2D eigenvalue weighted by molar-refractivity contribution is 0.508. The smallest absolute Gasteiger partial charge is 0.0946 e. The van der Waals surface area contributed by atoms with Crippen molar-refractivity contribution in [3.05, 3.63) is 42.2 Å². The fourth-order valence-corrected chi connectivity index (χ4v) is 2.41. The van der Waals surface area contributed by atoms with Crippen molar-refractivity contribution in [1.29, 1.82) is 0 Å². The summed E-state index contributed by atoms with van der Waals surface area (Å²) in [7, 11) is 2.03. The zero-order valence-electron chi connectivity index (χ0n) is 12.1. The van der Waals surface area contributed by atoms with E-state index in [1.54, 1.807) is 0 Å². The average Bonchev–Trinajstić information content (AvgIpc) is 3.00. The first-order chi connectivity index (χ1) is 9.24. The molecule has 0 saturated heterocycles. The molecular formula is C15H24N4. The van der Waals surface area contributed by atoms with Crippen molar-refractivity contribution in [1.82, 2.24) is 19.4 Å². The van der Waals surface area contributed by atoms with Crippen LogP contribution in [0.15, 0.2) is 31.0 Å². The molecule has 1 atom stereocenters. The largest absolute Gasteiger partial charge is 0.348 e. The number of imidazole rings is 1. The molecule has 0 saturated carbocycles. The van der Waals surface area contributed by atoms with Crippen molar-refractivity contribution >= 4 is 0 Å². The van der Waals surface area contributed by atoms with Gasteiger partial charge in [-0.25, -0.2) is 4.98 Å². The zero-order chi connectivity index (χ0) is 13.7. The van der Waals surface area contributed by atoms with Gasteiger partial charge in [-0.15, -0.1) is 0 Å². The second-order valence-electron chi connectivity index (χ2n) is 5.01. The molecule has 4 nitrogen and oxygen atoms in total. The van der Waals surface area contributed by atoms with Gasteiger partial charge in [-0.2, -0.15) is 0 Å². The average molecular weight is 260 g/mol. The first kappa shape index (κ1) is 13.9. The molecule has 104 valence electrons. The normalized spacial score (nSPS) is 12.8. The maximum Gasteiger partial charge on any atom is 0.0946 e. The Hall–Kier alpha value is -1.55. The highest BCUT2D eigenvalue weighted by Gasteiger charge is 2.10. The Morgan fingerprint density at radius 3 is 2.84 bits per heavy atom. The van der Waals surface area contributed by atoms with Crippen molar-refractivity contribution < 1.29 is 0 Å². The van der Waals surface area contributed by atoms with E-state index < -0.39 is 0 Å². The van der Waals surface area contributed by atoms with Gasteiger partial charge in [-0.3, -0.25) is 0 Å². The standard InChI is InChI=1S/C15H24N4/c1-4-6-15(17-5-2)13-7-8-19(10-13)11-14-9-16-12-18(14)3/h7-10,12,15,17H,4-6,11H2,1-3H3. The van der Waals surface area contributed by atoms with Crippen LogP contribution in [0.5, 0.6) is 0 Å². The third-order valence-electron chi connectivity index (χ3n) is 3.46. The van der Waals surface area contributed by atoms with Crippen LogP contribution in [0.25, 0.3) is 0 Å². The Morgan fingerprint density at radius 2 is 2.21 bits per heavy atom. The summed E-state index contributed by atoms with van der Waals surface area (Å²) in [5.74, 6) is 0. The third kappa shape index (κ3) is 3.47. The van der Waals surface area contributed by atoms with E-state index in [9.17, 15) is 0 Å². The molecule has 2 aromatic heterocycles. The van der Waals surface area contributed by atoms with Gasteiger partial charge in [-0.05, 0) is 24.6 Å². The van der Waals surface area contributed by atoms with Gasteiger partial charge in [0.25, 0.3) is 0 Å². The summed E-state index contributed by atoms with van der Waals surface area (Å²) in [5, 5.41) is 3.55. The Balaban J connectivity index is 2.07. The number of rotatable bonds is 7. The molecular weight excluding hydrogens is 236 g/mol. The molecule has 0 spiro atoms. The van der Waals surface area contributed by atoms with E-state index in [0.717, 1.165) is 13.1 Å². The van der Waals surface area contributed by atoms with Gasteiger partial charge >= 0.3 is 0 Å². The van der Waals surface area contributed by atoms with E-state index in [0.29, 0.717) is 6.04 Å². The van der Waals surface area contributed by atoms with Crippen molar-refractivity contribution in [2.24, 2.45) is 7.05 Å². The molecule has 2 aromatic rings. The van der Waals surface area contributed by atoms with E-state index in [2.05, 4.69) is 51.7 Å². The van der Waals surface area contributed by atoms with Crippen molar-refractivity contribution in [2.75, 3.05) is 6.54 Å². The number of nitrogens with one attached hydrogen (secondary N) is 1. The lowest BCUT2D eigenvalue weighted by atomic mass is 10.1. The van der Waals surface area contributed by atoms with E-state index in [4.69, 9.17) is 0 Å². The molecule has 2 rings (SSSR count). The summed E-state index contributed by atoms with van der Waals surface area (Å²) in [4.78, 5) is 4.16. The van der Waals surface area contributed by atoms with E-state index in [-0.39, 0.29) is 0 Å². The molecule has 0 bridgehead atoms. The van der Waals surface area contributed by atoms with E-state index in [1.807, 2.05) is 19.6 Å². The summed E-state index contributed by atoms with van der Waals surface area (Å²) in [6.45, 7) is 6.28. The van der Waals surface area contributed by atoms with Crippen LogP contribution in [-0.2, 0) is 13.6 Å². The molecule has 0 aliphatic rings. The first-order valence-corrected chi connectivity index (χ1v) is 7.08. The van der Waals surface area contributed by atoms with Gasteiger partial charge in [-0.1, -0.05) is 20.3 Å². The second kappa shape index (κ2) is 6.57. The molecule has 1 unspecified atom stereocenters. The number of aryl methyl sites for hydroxylation is 1. The van der Waals surface area contributed by atoms with Crippen LogP contribution in [0, 0.1) is 0 Å². The highest BCUT2D eigenvalue weighted by Crippen LogP contribution is 2.19. The Kier molecular flexibility index (Phi) is 4.80. The quantitative estimate of drug-likeness (QED) is 0.830. The Bertz CT molecular complexity index is 492. The predicted octanol–water partition coefficient (Wildman–Crippen LogP) is 2.72. The van der Waals surface area contributed by atoms with Gasteiger partial charge in [0.15, 0.2) is 0 Å². The highest BCUT2D eigenvalue weighted by atomic mass is 15.1. The maximum atomic E-state index is 4.16. The number of aromatic nitrogens is 3. The molecule has 0 radical (unpaired) electrons. The van der Waals surface area contributed by atoms with Gasteiger partial charge in [0.2, 0.25) is 0 Å². The SMILES string of the molecule is CCCC(NCC)c1ccn(Cc2cncn2C)c1. The van der Waals surface area contributed by atoms with Gasteiger partial charge in [0.05, 0.1) is 18.6 Å². The van der Waals surface area contributed by atoms with Crippen LogP contribution in [0.2, 0.25) is 0 Å². The van der Waals surface area contributed by atoms with Crippen LogP contribution in [0.4, 0.5) is 0 Å². The molecule has 2 heterocycles. The number of hydrogen-bond acceptors (Lipinski definition) is 2. The van der Waals surface area contributed by atoms with Crippen molar-refractivity contribution in [2.45, 2.75) is 39.3 Å². The third-order valence-corrected chi connectivity index (χ3v) is 3.46. The highest BCUT2D eigenvalue weighted by molar-refractivity contribution is 5.16. The summed E-state index contributed by atoms with van der Waals surface area (Å²) in [6, 6.07) is 2.70. The number of hydrogen-bond donors (Lipinski definition) is 1. The summed E-state index contributed by atoms with van der Waals surface area (Å²) < 4.78 is 4.29. The Labute approximate surface area is 115 Å². The summed E-state index contributed by atoms with van der Waals surface area (Å²) in [6.07, 6.45) is 10.6. The fourth-order valence-electron chi connectivity index (χ4n) is 2.41. The molecule has 19 heavy (non-hydrogen) atoms. The van der Waals surface area contributed by atoms with Crippen LogP contribution < -0.4 is 5.32 Å². The Morgan fingerprint density at radius 1 is 1.37 bits per heavy atom. The van der Waals surface area contributed by atoms with E-state index >= 15 is 0 Å². The van der Waals surface area contributed by atoms with Crippen molar-refractivity contribution in [3.8, 4) is 0 Å². The van der Waals surface area contributed by atoms with E-state index in [1.165, 1.54) is 24.1 Å². The summed E-state index contributed by atoms with van der Waals surface area (Å²) in [5.41, 5.74) is 2.60. The van der Waals surface area contributed by atoms with Crippen LogP contribution in [-0.4, -0.2) is 20.7 Å². The summed E-state index contributed by atoms with van der Waals surface area (Å²) >= 11 is 0. The van der Waals surface area contributed by atoms with Gasteiger partial charge in [0, 0.05) is 31.7 Å². The second-order valence-corrected chi connectivity index (χ2v) is 5.01. The lowest BCUT2D eigenvalue weighted by Gasteiger charge is -2.15. The molecule has 0 aliphatic carbocycles. The minimum Gasteiger partial charge on any atom is -0.348 e. The van der Waals surface area contributed by atoms with Gasteiger partial charge < -0.3 is 14.5 Å². The topological polar surface area (TPSA) is 34.8 Å². The first-order valence-electron chi connectivity index (χ1n) is 7.08. The van der Waals surface area contributed by atoms with Crippen LogP contribution in [0.1, 0.15) is 44.0 Å². The maximum absolute atomic E-state index is 4.16. The minimum atomic E-state index is 0.475. The molecule has 4 heteroatoms. The molecule has 0 fully saturated rings. The fraction of sp³-hybridized carbons (Fsp3) is 0.533. The monoisotopic (exact) mass is 260 g/mol. The predicted molar refractivity (Wildman–Crippen MR) is 78.1 cm³/mol. The molecule has 0 aromatic carbocycles. The lowest BCUT2D eigenvalue weighted by Crippen LogP contribution is -2.20. The van der Waals surface area contributed by atoms with Crippen LogP contribution >= 0.6 is 0 Å². The van der Waals surface area contributed by atoms with Crippen molar-refractivity contribution in [3.63, 3.8) is 0 Å². The number of nitrogens with zero attached hydrogens (tertiary/aromatic N) is 3. The van der Waals surface area contributed by atoms with Crippen LogP contribution in [0.3, 0.4) is 0 Å². The van der Waals surface area contributed by atoms with Gasteiger partial charge in [0.1, 0.15) is 0 Å². The zero-order valence-corrected chi connectivity index (χ0v) is 12.1. The molecule has 1 N–H and O–H groups in total. The molecule has 0 amide bonds. The minimum absolute atomic E-state index is 0.475.